The molecule has 0 aliphatic heterocycles. The highest BCUT2D eigenvalue weighted by molar-refractivity contribution is 9.10. The summed E-state index contributed by atoms with van der Waals surface area (Å²) in [6, 6.07) is 20.0. The summed E-state index contributed by atoms with van der Waals surface area (Å²) in [6.07, 6.45) is 0. The molecule has 5 aromatic rings. The molecule has 5 rings (SSSR count). The van der Waals surface area contributed by atoms with E-state index in [2.05, 4.69) is 26.1 Å². The van der Waals surface area contributed by atoms with E-state index in [1.807, 2.05) is 60.7 Å². The van der Waals surface area contributed by atoms with Gasteiger partial charge in [-0.25, -0.2) is 4.98 Å². The Morgan fingerprint density at radius 1 is 0.880 bits per heavy atom. The molecule has 0 atom stereocenters. The summed E-state index contributed by atoms with van der Waals surface area (Å²) in [4.78, 5) is 5.45. The molecule has 0 amide bonds. The van der Waals surface area contributed by atoms with E-state index in [4.69, 9.17) is 10.1 Å². The van der Waals surface area contributed by atoms with Gasteiger partial charge in [0.15, 0.2) is 0 Å². The smallest absolute Gasteiger partial charge is 0.235 e. The number of aromatic nitrogens is 5. The van der Waals surface area contributed by atoms with E-state index < -0.39 is 0 Å². The third kappa shape index (κ3) is 2.43. The summed E-state index contributed by atoms with van der Waals surface area (Å²) in [6.45, 7) is 0. The molecule has 0 fully saturated rings. The number of benzene rings is 2. The van der Waals surface area contributed by atoms with Crippen LogP contribution in [0.25, 0.3) is 38.0 Å². The quantitative estimate of drug-likeness (QED) is 0.420. The van der Waals surface area contributed by atoms with E-state index in [9.17, 15) is 0 Å². The molecule has 25 heavy (non-hydrogen) atoms. The van der Waals surface area contributed by atoms with E-state index in [1.54, 1.807) is 4.52 Å². The van der Waals surface area contributed by atoms with Crippen LogP contribution in [-0.2, 0) is 0 Å². The van der Waals surface area contributed by atoms with Crippen molar-refractivity contribution in [3.63, 3.8) is 0 Å². The molecule has 0 saturated heterocycles. The topological polar surface area (TPSA) is 56.0 Å². The Morgan fingerprint density at radius 2 is 1.72 bits per heavy atom. The highest BCUT2D eigenvalue weighted by atomic mass is 79.9. The predicted molar refractivity (Wildman–Crippen MR) is 103 cm³/mol. The van der Waals surface area contributed by atoms with Gasteiger partial charge in [0.1, 0.15) is 10.7 Å². The fourth-order valence-electron chi connectivity index (χ4n) is 2.71. The first-order valence-corrected chi connectivity index (χ1v) is 9.24. The molecule has 0 saturated carbocycles. The third-order valence-electron chi connectivity index (χ3n) is 3.92. The molecular weight excluding hydrogens is 398 g/mol. The van der Waals surface area contributed by atoms with Gasteiger partial charge in [-0.15, -0.1) is 10.2 Å². The zero-order valence-corrected chi connectivity index (χ0v) is 15.2. The lowest BCUT2D eigenvalue weighted by molar-refractivity contribution is 0.963. The average Bonchev–Trinajstić information content (AvgIpc) is 3.22. The van der Waals surface area contributed by atoms with Crippen LogP contribution in [0.5, 0.6) is 0 Å². The summed E-state index contributed by atoms with van der Waals surface area (Å²) in [5.41, 5.74) is 2.73. The highest BCUT2D eigenvalue weighted by Gasteiger charge is 2.16. The molecule has 120 valence electrons. The van der Waals surface area contributed by atoms with Gasteiger partial charge in [-0.1, -0.05) is 69.7 Å². The van der Waals surface area contributed by atoms with Gasteiger partial charge in [-0.3, -0.25) is 0 Å². The standard InChI is InChI=1S/C18H10BrN5S/c19-13-7-3-2-6-12(13)17-23-24-16(21-22-18(24)25-17)15-10-9-11-5-1-4-8-14(11)20-15/h1-10H. The van der Waals surface area contributed by atoms with Crippen molar-refractivity contribution in [2.75, 3.05) is 0 Å². The first-order chi connectivity index (χ1) is 12.3. The van der Waals surface area contributed by atoms with Crippen LogP contribution in [0.1, 0.15) is 0 Å². The van der Waals surface area contributed by atoms with E-state index in [1.165, 1.54) is 11.3 Å². The summed E-state index contributed by atoms with van der Waals surface area (Å²) in [7, 11) is 0. The number of rotatable bonds is 2. The minimum atomic E-state index is 0.648. The van der Waals surface area contributed by atoms with Gasteiger partial charge in [0.2, 0.25) is 10.8 Å². The molecule has 0 bridgehead atoms. The lowest BCUT2D eigenvalue weighted by Gasteiger charge is -2.00. The van der Waals surface area contributed by atoms with Crippen molar-refractivity contribution in [3.8, 4) is 22.1 Å². The number of hydrogen-bond donors (Lipinski definition) is 0. The lowest BCUT2D eigenvalue weighted by atomic mass is 10.2. The number of fused-ring (bicyclic) bond motifs is 2. The third-order valence-corrected chi connectivity index (χ3v) is 5.55. The zero-order valence-electron chi connectivity index (χ0n) is 12.8. The molecular formula is C18H10BrN5S. The molecule has 7 heteroatoms. The molecule has 2 aromatic carbocycles. The molecule has 3 aromatic heterocycles. The molecule has 3 heterocycles. The largest absolute Gasteiger partial charge is 0.244 e. The zero-order chi connectivity index (χ0) is 16.8. The van der Waals surface area contributed by atoms with Crippen molar-refractivity contribution < 1.29 is 0 Å². The Bertz CT molecular complexity index is 1230. The monoisotopic (exact) mass is 407 g/mol. The molecule has 0 radical (unpaired) electrons. The van der Waals surface area contributed by atoms with Crippen molar-refractivity contribution in [1.82, 2.24) is 24.8 Å². The van der Waals surface area contributed by atoms with Crippen LogP contribution >= 0.6 is 27.3 Å². The van der Waals surface area contributed by atoms with E-state index in [-0.39, 0.29) is 0 Å². The molecule has 0 N–H and O–H groups in total. The Hall–Kier alpha value is -2.64. The van der Waals surface area contributed by atoms with Crippen LogP contribution in [0, 0.1) is 0 Å². The van der Waals surface area contributed by atoms with Gasteiger partial charge in [-0.2, -0.15) is 9.61 Å². The van der Waals surface area contributed by atoms with Gasteiger partial charge < -0.3 is 0 Å². The van der Waals surface area contributed by atoms with Crippen molar-refractivity contribution in [3.05, 3.63) is 65.1 Å². The first-order valence-electron chi connectivity index (χ1n) is 7.63. The molecule has 0 spiro atoms. The van der Waals surface area contributed by atoms with Crippen molar-refractivity contribution in [2.45, 2.75) is 0 Å². The maximum absolute atomic E-state index is 4.70. The Kier molecular flexibility index (Phi) is 3.36. The van der Waals surface area contributed by atoms with Crippen molar-refractivity contribution >= 4 is 43.1 Å². The minimum absolute atomic E-state index is 0.648. The second-order valence-electron chi connectivity index (χ2n) is 5.49. The first kappa shape index (κ1) is 14.7. The van der Waals surface area contributed by atoms with E-state index in [0.717, 1.165) is 36.6 Å². The summed E-state index contributed by atoms with van der Waals surface area (Å²) >= 11 is 5.08. The number of halogens is 1. The lowest BCUT2D eigenvalue weighted by Crippen LogP contribution is -1.94. The normalized spacial score (nSPS) is 11.4. The van der Waals surface area contributed by atoms with Crippen LogP contribution in [0.3, 0.4) is 0 Å². The van der Waals surface area contributed by atoms with Gasteiger partial charge in [-0.05, 0) is 18.2 Å². The SMILES string of the molecule is Brc1ccccc1-c1nn2c(-c3ccc4ccccc4n3)nnc2s1. The predicted octanol–water partition coefficient (Wildman–Crippen LogP) is 4.83. The van der Waals surface area contributed by atoms with Crippen LogP contribution in [0.4, 0.5) is 0 Å². The maximum Gasteiger partial charge on any atom is 0.235 e. The number of nitrogens with zero attached hydrogens (tertiary/aromatic N) is 5. The number of hydrogen-bond acceptors (Lipinski definition) is 5. The molecule has 0 unspecified atom stereocenters. The van der Waals surface area contributed by atoms with Gasteiger partial charge in [0.25, 0.3) is 0 Å². The fourth-order valence-corrected chi connectivity index (χ4v) is 4.19. The number of para-hydroxylation sites is 1. The molecule has 5 nitrogen and oxygen atoms in total. The van der Waals surface area contributed by atoms with Crippen LogP contribution < -0.4 is 0 Å². The summed E-state index contributed by atoms with van der Waals surface area (Å²) < 4.78 is 2.77. The summed E-state index contributed by atoms with van der Waals surface area (Å²) in [5, 5.41) is 15.2. The second kappa shape index (κ2) is 5.72. The molecule has 0 aliphatic carbocycles. The van der Waals surface area contributed by atoms with E-state index >= 15 is 0 Å². The summed E-state index contributed by atoms with van der Waals surface area (Å²) in [5.74, 6) is 0.648. The maximum atomic E-state index is 4.70. The Morgan fingerprint density at radius 3 is 2.64 bits per heavy atom. The Balaban J connectivity index is 1.67. The van der Waals surface area contributed by atoms with Crippen molar-refractivity contribution in [2.24, 2.45) is 0 Å². The van der Waals surface area contributed by atoms with Crippen LogP contribution in [-0.4, -0.2) is 24.8 Å². The van der Waals surface area contributed by atoms with Crippen LogP contribution in [0.2, 0.25) is 0 Å². The highest BCUT2D eigenvalue weighted by Crippen LogP contribution is 2.32. The molecule has 0 aliphatic rings. The fraction of sp³-hybridized carbons (Fsp3) is 0. The minimum Gasteiger partial charge on any atom is -0.244 e. The van der Waals surface area contributed by atoms with Gasteiger partial charge in [0.05, 0.1) is 5.52 Å². The average molecular weight is 408 g/mol. The van der Waals surface area contributed by atoms with Crippen molar-refractivity contribution in [1.29, 1.82) is 0 Å². The van der Waals surface area contributed by atoms with E-state index in [0.29, 0.717) is 5.82 Å². The number of pyridine rings is 1. The Labute approximate surface area is 155 Å². The van der Waals surface area contributed by atoms with Gasteiger partial charge in [0, 0.05) is 15.4 Å². The second-order valence-corrected chi connectivity index (χ2v) is 7.30. The van der Waals surface area contributed by atoms with Crippen LogP contribution in [0.15, 0.2) is 65.1 Å². The van der Waals surface area contributed by atoms with Gasteiger partial charge >= 0.3 is 0 Å².